The number of likely N-dealkylation sites (N-methyl/N-ethyl adjacent to an activating group) is 1. The fraction of sp³-hybridized carbons (Fsp3) is 0.933. The van der Waals surface area contributed by atoms with Crippen LogP contribution in [0.25, 0.3) is 0 Å². The first-order chi connectivity index (χ1) is 9.24. The Hall–Kier alpha value is -0.610. The van der Waals surface area contributed by atoms with Crippen molar-refractivity contribution in [1.29, 1.82) is 0 Å². The van der Waals surface area contributed by atoms with Gasteiger partial charge in [0.2, 0.25) is 5.91 Å². The molecular weight excluding hydrogens is 238 g/mol. The molecule has 0 aromatic rings. The molecule has 1 heterocycles. The second-order valence-electron chi connectivity index (χ2n) is 5.82. The van der Waals surface area contributed by atoms with E-state index in [9.17, 15) is 4.79 Å². The second-order valence-corrected chi connectivity index (χ2v) is 5.82. The van der Waals surface area contributed by atoms with Crippen molar-refractivity contribution in [2.45, 2.75) is 45.6 Å². The molecule has 1 aliphatic carbocycles. The molecule has 0 atom stereocenters. The average molecular weight is 267 g/mol. The maximum atomic E-state index is 12.1. The predicted molar refractivity (Wildman–Crippen MR) is 78.2 cm³/mol. The zero-order valence-corrected chi connectivity index (χ0v) is 12.6. The topological polar surface area (TPSA) is 26.8 Å². The summed E-state index contributed by atoms with van der Waals surface area (Å²) >= 11 is 0. The number of carbonyl (C=O) groups is 1. The molecule has 0 radical (unpaired) electrons. The van der Waals surface area contributed by atoms with E-state index >= 15 is 0 Å². The van der Waals surface area contributed by atoms with E-state index in [4.69, 9.17) is 0 Å². The Labute approximate surface area is 117 Å². The molecule has 0 spiro atoms. The lowest BCUT2D eigenvalue weighted by molar-refractivity contribution is -0.132. The van der Waals surface area contributed by atoms with E-state index in [-0.39, 0.29) is 0 Å². The molecule has 2 aliphatic rings. The van der Waals surface area contributed by atoms with Crippen LogP contribution in [0.3, 0.4) is 0 Å². The van der Waals surface area contributed by atoms with Crippen LogP contribution in [0.5, 0.6) is 0 Å². The van der Waals surface area contributed by atoms with Gasteiger partial charge in [-0.3, -0.25) is 14.6 Å². The summed E-state index contributed by atoms with van der Waals surface area (Å²) in [5, 5.41) is 0. The number of hydrogen-bond donors (Lipinski definition) is 0. The Balaban J connectivity index is 1.72. The van der Waals surface area contributed by atoms with Crippen molar-refractivity contribution >= 4 is 5.91 Å². The van der Waals surface area contributed by atoms with E-state index in [0.717, 1.165) is 45.3 Å². The molecular formula is C15H29N3O. The predicted octanol–water partition coefficient (Wildman–Crippen LogP) is 1.42. The Morgan fingerprint density at radius 3 is 2.16 bits per heavy atom. The maximum Gasteiger partial charge on any atom is 0.236 e. The third-order valence-electron chi connectivity index (χ3n) is 4.72. The van der Waals surface area contributed by atoms with Gasteiger partial charge in [0.15, 0.2) is 0 Å². The van der Waals surface area contributed by atoms with Gasteiger partial charge in [0.1, 0.15) is 0 Å². The number of rotatable bonds is 5. The fourth-order valence-electron chi connectivity index (χ4n) is 3.42. The molecule has 1 saturated carbocycles. The van der Waals surface area contributed by atoms with Crippen LogP contribution in [-0.2, 0) is 4.79 Å². The van der Waals surface area contributed by atoms with Crippen molar-refractivity contribution in [2.24, 2.45) is 0 Å². The molecule has 0 bridgehead atoms. The standard InChI is InChI=1S/C15H29N3O/c1-3-17(4-2)15(19)13-16-9-11-18(12-10-16)14-7-5-6-8-14/h14H,3-13H2,1-2H3. The van der Waals surface area contributed by atoms with E-state index < -0.39 is 0 Å². The highest BCUT2D eigenvalue weighted by Crippen LogP contribution is 2.24. The lowest BCUT2D eigenvalue weighted by Gasteiger charge is -2.38. The Morgan fingerprint density at radius 1 is 1.05 bits per heavy atom. The van der Waals surface area contributed by atoms with E-state index in [0.29, 0.717) is 12.5 Å². The van der Waals surface area contributed by atoms with E-state index in [1.807, 2.05) is 4.90 Å². The number of hydrogen-bond acceptors (Lipinski definition) is 3. The van der Waals surface area contributed by atoms with Crippen molar-refractivity contribution in [1.82, 2.24) is 14.7 Å². The Kier molecular flexibility index (Phi) is 5.64. The van der Waals surface area contributed by atoms with Crippen LogP contribution in [0.4, 0.5) is 0 Å². The molecule has 19 heavy (non-hydrogen) atoms. The molecule has 110 valence electrons. The van der Waals surface area contributed by atoms with Crippen LogP contribution in [-0.4, -0.2) is 72.5 Å². The smallest absolute Gasteiger partial charge is 0.236 e. The molecule has 1 amide bonds. The average Bonchev–Trinajstić information content (AvgIpc) is 2.95. The Bertz CT molecular complexity index is 277. The lowest BCUT2D eigenvalue weighted by atomic mass is 10.2. The first-order valence-electron chi connectivity index (χ1n) is 7.98. The largest absolute Gasteiger partial charge is 0.342 e. The first kappa shape index (κ1) is 14.8. The van der Waals surface area contributed by atoms with Gasteiger partial charge < -0.3 is 4.90 Å². The maximum absolute atomic E-state index is 12.1. The van der Waals surface area contributed by atoms with Crippen LogP contribution in [0.15, 0.2) is 0 Å². The fourth-order valence-corrected chi connectivity index (χ4v) is 3.42. The summed E-state index contributed by atoms with van der Waals surface area (Å²) in [5.74, 6) is 0.291. The molecule has 2 fully saturated rings. The minimum absolute atomic E-state index is 0.291. The SMILES string of the molecule is CCN(CC)C(=O)CN1CCN(C2CCCC2)CC1. The summed E-state index contributed by atoms with van der Waals surface area (Å²) in [5.41, 5.74) is 0. The second kappa shape index (κ2) is 7.25. The number of piperazine rings is 1. The van der Waals surface area contributed by atoms with Crippen molar-refractivity contribution in [3.63, 3.8) is 0 Å². The Morgan fingerprint density at radius 2 is 1.63 bits per heavy atom. The molecule has 0 unspecified atom stereocenters. The third kappa shape index (κ3) is 3.93. The normalized spacial score (nSPS) is 22.8. The van der Waals surface area contributed by atoms with Gasteiger partial charge in [-0.2, -0.15) is 0 Å². The molecule has 1 aliphatic heterocycles. The third-order valence-corrected chi connectivity index (χ3v) is 4.72. The van der Waals surface area contributed by atoms with Gasteiger partial charge in [-0.15, -0.1) is 0 Å². The molecule has 0 aromatic heterocycles. The molecule has 4 nitrogen and oxygen atoms in total. The van der Waals surface area contributed by atoms with Gasteiger partial charge in [-0.1, -0.05) is 12.8 Å². The van der Waals surface area contributed by atoms with E-state index in [1.165, 1.54) is 25.7 Å². The molecule has 4 heteroatoms. The van der Waals surface area contributed by atoms with Crippen molar-refractivity contribution < 1.29 is 4.79 Å². The van der Waals surface area contributed by atoms with Crippen LogP contribution >= 0.6 is 0 Å². The van der Waals surface area contributed by atoms with E-state index in [1.54, 1.807) is 0 Å². The van der Waals surface area contributed by atoms with Crippen LogP contribution < -0.4 is 0 Å². The zero-order valence-electron chi connectivity index (χ0n) is 12.6. The van der Waals surface area contributed by atoms with Crippen molar-refractivity contribution in [3.05, 3.63) is 0 Å². The summed E-state index contributed by atoms with van der Waals surface area (Å²) in [6.07, 6.45) is 5.59. The summed E-state index contributed by atoms with van der Waals surface area (Å²) in [7, 11) is 0. The molecule has 1 saturated heterocycles. The minimum Gasteiger partial charge on any atom is -0.342 e. The van der Waals surface area contributed by atoms with Crippen molar-refractivity contribution in [3.8, 4) is 0 Å². The van der Waals surface area contributed by atoms with Gasteiger partial charge in [0, 0.05) is 45.3 Å². The highest BCUT2D eigenvalue weighted by atomic mass is 16.2. The van der Waals surface area contributed by atoms with Gasteiger partial charge in [-0.25, -0.2) is 0 Å². The summed E-state index contributed by atoms with van der Waals surface area (Å²) in [4.78, 5) is 19.0. The molecule has 0 N–H and O–H groups in total. The quantitative estimate of drug-likeness (QED) is 0.753. The van der Waals surface area contributed by atoms with Crippen LogP contribution in [0, 0.1) is 0 Å². The summed E-state index contributed by atoms with van der Waals surface area (Å²) in [6.45, 7) is 10.8. The first-order valence-corrected chi connectivity index (χ1v) is 7.98. The number of carbonyl (C=O) groups excluding carboxylic acids is 1. The summed E-state index contributed by atoms with van der Waals surface area (Å²) < 4.78 is 0. The highest BCUT2D eigenvalue weighted by Gasteiger charge is 2.27. The highest BCUT2D eigenvalue weighted by molar-refractivity contribution is 5.78. The zero-order chi connectivity index (χ0) is 13.7. The van der Waals surface area contributed by atoms with E-state index in [2.05, 4.69) is 23.6 Å². The van der Waals surface area contributed by atoms with Gasteiger partial charge in [0.05, 0.1) is 6.54 Å². The van der Waals surface area contributed by atoms with Gasteiger partial charge in [0.25, 0.3) is 0 Å². The molecule has 2 rings (SSSR count). The number of amides is 1. The minimum atomic E-state index is 0.291. The van der Waals surface area contributed by atoms with Crippen LogP contribution in [0.2, 0.25) is 0 Å². The molecule has 0 aromatic carbocycles. The lowest BCUT2D eigenvalue weighted by Crippen LogP contribution is -2.52. The monoisotopic (exact) mass is 267 g/mol. The van der Waals surface area contributed by atoms with Crippen LogP contribution in [0.1, 0.15) is 39.5 Å². The van der Waals surface area contributed by atoms with Crippen molar-refractivity contribution in [2.75, 3.05) is 45.8 Å². The van der Waals surface area contributed by atoms with Gasteiger partial charge >= 0.3 is 0 Å². The summed E-state index contributed by atoms with van der Waals surface area (Å²) in [6, 6.07) is 0.834. The van der Waals surface area contributed by atoms with Gasteiger partial charge in [-0.05, 0) is 26.7 Å². The number of nitrogens with zero attached hydrogens (tertiary/aromatic N) is 3.